The molecule has 2 aromatic rings. The molecule has 1 atom stereocenters. The van der Waals surface area contributed by atoms with Crippen molar-refractivity contribution in [1.82, 2.24) is 14.7 Å². The van der Waals surface area contributed by atoms with Crippen LogP contribution in [0.15, 0.2) is 36.5 Å². The average molecular weight is 327 g/mol. The van der Waals surface area contributed by atoms with E-state index in [9.17, 15) is 9.59 Å². The molecule has 1 aromatic heterocycles. The Bertz CT molecular complexity index is 739. The molecule has 1 aliphatic rings. The highest BCUT2D eigenvalue weighted by Crippen LogP contribution is 2.18. The van der Waals surface area contributed by atoms with Gasteiger partial charge in [-0.2, -0.15) is 5.10 Å². The number of hydrogen-bond donors (Lipinski definition) is 0. The molecule has 3 rings (SSSR count). The Labute approximate surface area is 141 Å². The summed E-state index contributed by atoms with van der Waals surface area (Å²) in [4.78, 5) is 27.1. The molecule has 1 aliphatic heterocycles. The summed E-state index contributed by atoms with van der Waals surface area (Å²) in [5.74, 6) is -0.0680. The van der Waals surface area contributed by atoms with Crippen LogP contribution in [0.4, 0.5) is 0 Å². The van der Waals surface area contributed by atoms with Crippen LogP contribution in [0.3, 0.4) is 0 Å². The molecule has 1 unspecified atom stereocenters. The van der Waals surface area contributed by atoms with Gasteiger partial charge in [0.25, 0.3) is 5.91 Å². The summed E-state index contributed by atoms with van der Waals surface area (Å²) < 4.78 is 7.14. The highest BCUT2D eigenvalue weighted by molar-refractivity contribution is 5.98. The first-order valence-corrected chi connectivity index (χ1v) is 8.03. The monoisotopic (exact) mass is 327 g/mol. The minimum absolute atomic E-state index is 0.0202. The molecule has 0 radical (unpaired) electrons. The number of ketones is 1. The summed E-state index contributed by atoms with van der Waals surface area (Å²) in [6.07, 6.45) is 1.98. The fourth-order valence-electron chi connectivity index (χ4n) is 3.01. The Kier molecular flexibility index (Phi) is 4.76. The number of benzene rings is 1. The van der Waals surface area contributed by atoms with Crippen molar-refractivity contribution in [1.29, 1.82) is 0 Å². The van der Waals surface area contributed by atoms with Crippen LogP contribution in [0, 0.1) is 6.92 Å². The third-order valence-electron chi connectivity index (χ3n) is 4.25. The topological polar surface area (TPSA) is 64.4 Å². The number of aromatic nitrogens is 2. The second-order valence-corrected chi connectivity index (χ2v) is 6.02. The number of carbonyl (C=O) groups excluding carboxylic acids is 2. The van der Waals surface area contributed by atoms with Crippen LogP contribution in [0.25, 0.3) is 0 Å². The van der Waals surface area contributed by atoms with Crippen LogP contribution in [-0.4, -0.2) is 52.2 Å². The molecule has 0 aliphatic carbocycles. The Morgan fingerprint density at radius 3 is 2.71 bits per heavy atom. The molecule has 6 heteroatoms. The van der Waals surface area contributed by atoms with E-state index < -0.39 is 0 Å². The molecule has 0 bridgehead atoms. The van der Waals surface area contributed by atoms with Crippen molar-refractivity contribution in [2.24, 2.45) is 7.05 Å². The van der Waals surface area contributed by atoms with Gasteiger partial charge in [0, 0.05) is 31.8 Å². The van der Waals surface area contributed by atoms with Gasteiger partial charge in [-0.25, -0.2) is 0 Å². The average Bonchev–Trinajstić information content (AvgIpc) is 2.94. The van der Waals surface area contributed by atoms with E-state index in [2.05, 4.69) is 5.10 Å². The van der Waals surface area contributed by atoms with Crippen LogP contribution < -0.4 is 0 Å². The van der Waals surface area contributed by atoms with Crippen molar-refractivity contribution >= 4 is 11.7 Å². The third kappa shape index (κ3) is 3.38. The molecule has 24 heavy (non-hydrogen) atoms. The maximum absolute atomic E-state index is 12.9. The Hall–Kier alpha value is -2.47. The summed E-state index contributed by atoms with van der Waals surface area (Å²) in [5.41, 5.74) is 1.94. The first-order chi connectivity index (χ1) is 11.6. The largest absolute Gasteiger partial charge is 0.377 e. The number of morpholine rings is 1. The van der Waals surface area contributed by atoms with Gasteiger partial charge in [0.2, 0.25) is 0 Å². The van der Waals surface area contributed by atoms with E-state index in [1.54, 1.807) is 35.0 Å². The van der Waals surface area contributed by atoms with Crippen molar-refractivity contribution in [2.45, 2.75) is 19.4 Å². The Morgan fingerprint density at radius 1 is 1.29 bits per heavy atom. The molecule has 1 aromatic carbocycles. The maximum Gasteiger partial charge on any atom is 0.257 e. The zero-order chi connectivity index (χ0) is 17.1. The first-order valence-electron chi connectivity index (χ1n) is 8.03. The normalized spacial score (nSPS) is 17.8. The van der Waals surface area contributed by atoms with Crippen molar-refractivity contribution < 1.29 is 14.3 Å². The smallest absolute Gasteiger partial charge is 0.257 e. The van der Waals surface area contributed by atoms with Gasteiger partial charge in [0.05, 0.1) is 30.5 Å². The zero-order valence-electron chi connectivity index (χ0n) is 13.9. The molecule has 1 saturated heterocycles. The van der Waals surface area contributed by atoms with E-state index in [1.165, 1.54) is 0 Å². The lowest BCUT2D eigenvalue weighted by Crippen LogP contribution is -2.49. The van der Waals surface area contributed by atoms with Gasteiger partial charge in [-0.3, -0.25) is 14.3 Å². The summed E-state index contributed by atoms with van der Waals surface area (Å²) in [6, 6.07) is 8.89. The van der Waals surface area contributed by atoms with E-state index in [1.807, 2.05) is 25.1 Å². The van der Waals surface area contributed by atoms with Gasteiger partial charge >= 0.3 is 0 Å². The van der Waals surface area contributed by atoms with Crippen LogP contribution in [0.1, 0.15) is 32.8 Å². The van der Waals surface area contributed by atoms with Gasteiger partial charge in [-0.1, -0.05) is 30.3 Å². The van der Waals surface area contributed by atoms with E-state index in [4.69, 9.17) is 4.74 Å². The molecule has 126 valence electrons. The zero-order valence-corrected chi connectivity index (χ0v) is 13.9. The number of carbonyl (C=O) groups is 2. The minimum atomic E-state index is -0.251. The molecule has 1 amide bonds. The summed E-state index contributed by atoms with van der Waals surface area (Å²) in [6.45, 7) is 3.17. The van der Waals surface area contributed by atoms with E-state index in [0.717, 1.165) is 0 Å². The number of ether oxygens (including phenoxy) is 1. The van der Waals surface area contributed by atoms with E-state index in [-0.39, 0.29) is 24.2 Å². The molecular weight excluding hydrogens is 306 g/mol. The molecule has 2 heterocycles. The lowest BCUT2D eigenvalue weighted by molar-refractivity contribution is -0.00284. The van der Waals surface area contributed by atoms with Gasteiger partial charge < -0.3 is 9.64 Å². The number of rotatable bonds is 4. The van der Waals surface area contributed by atoms with Gasteiger partial charge in [0.1, 0.15) is 0 Å². The number of amides is 1. The van der Waals surface area contributed by atoms with E-state index >= 15 is 0 Å². The van der Waals surface area contributed by atoms with Crippen molar-refractivity contribution in [3.05, 3.63) is 53.3 Å². The van der Waals surface area contributed by atoms with Gasteiger partial charge in [0.15, 0.2) is 5.78 Å². The van der Waals surface area contributed by atoms with Crippen molar-refractivity contribution in [2.75, 3.05) is 19.8 Å². The molecule has 0 saturated carbocycles. The standard InChI is InChI=1S/C18H21N3O3/c1-13-16(11-20(2)19-13)18(23)21-8-9-24-12-15(21)10-17(22)14-6-4-3-5-7-14/h3-7,11,15H,8-10,12H2,1-2H3. The molecule has 0 spiro atoms. The summed E-state index contributed by atoms with van der Waals surface area (Å²) in [7, 11) is 1.79. The van der Waals surface area contributed by atoms with Crippen LogP contribution in [-0.2, 0) is 11.8 Å². The predicted octanol–water partition coefficient (Wildman–Crippen LogP) is 1.84. The Morgan fingerprint density at radius 2 is 2.04 bits per heavy atom. The van der Waals surface area contributed by atoms with Gasteiger partial charge in [-0.05, 0) is 6.92 Å². The minimum Gasteiger partial charge on any atom is -0.377 e. The SMILES string of the molecule is Cc1nn(C)cc1C(=O)N1CCOCC1CC(=O)c1ccccc1. The fraction of sp³-hybridized carbons (Fsp3) is 0.389. The highest BCUT2D eigenvalue weighted by atomic mass is 16.5. The summed E-state index contributed by atoms with van der Waals surface area (Å²) in [5, 5.41) is 4.23. The predicted molar refractivity (Wildman–Crippen MR) is 89.0 cm³/mol. The van der Waals surface area contributed by atoms with Crippen LogP contribution >= 0.6 is 0 Å². The second-order valence-electron chi connectivity index (χ2n) is 6.02. The van der Waals surface area contributed by atoms with Gasteiger partial charge in [-0.15, -0.1) is 0 Å². The molecule has 1 fully saturated rings. The quantitative estimate of drug-likeness (QED) is 0.804. The number of Topliss-reactive ketones (excluding diaryl/α,β-unsaturated/α-hetero) is 1. The number of hydrogen-bond acceptors (Lipinski definition) is 4. The lowest BCUT2D eigenvalue weighted by atomic mass is 10.0. The summed E-state index contributed by atoms with van der Waals surface area (Å²) >= 11 is 0. The number of aryl methyl sites for hydroxylation is 2. The molecule has 0 N–H and O–H groups in total. The lowest BCUT2D eigenvalue weighted by Gasteiger charge is -2.35. The third-order valence-corrected chi connectivity index (χ3v) is 4.25. The highest BCUT2D eigenvalue weighted by Gasteiger charge is 2.31. The number of nitrogens with zero attached hydrogens (tertiary/aromatic N) is 3. The molecular formula is C18H21N3O3. The van der Waals surface area contributed by atoms with Crippen molar-refractivity contribution in [3.8, 4) is 0 Å². The second kappa shape index (κ2) is 6.97. The fourth-order valence-corrected chi connectivity index (χ4v) is 3.01. The first kappa shape index (κ1) is 16.4. The van der Waals surface area contributed by atoms with Crippen molar-refractivity contribution in [3.63, 3.8) is 0 Å². The Balaban J connectivity index is 1.77. The van der Waals surface area contributed by atoms with E-state index in [0.29, 0.717) is 36.6 Å². The molecule has 6 nitrogen and oxygen atoms in total. The van der Waals surface area contributed by atoms with Crippen LogP contribution in [0.5, 0.6) is 0 Å². The van der Waals surface area contributed by atoms with Crippen LogP contribution in [0.2, 0.25) is 0 Å². The maximum atomic E-state index is 12.9.